The highest BCUT2D eigenvalue weighted by molar-refractivity contribution is 7.80. The quantitative estimate of drug-likeness (QED) is 0.724. The Bertz CT molecular complexity index is 232. The minimum atomic E-state index is 0.675. The normalized spacial score (nSPS) is 22.6. The Labute approximate surface area is 105 Å². The number of thiocarbonyl (C=S) groups is 1. The van der Waals surface area contributed by atoms with E-state index < -0.39 is 0 Å². The summed E-state index contributed by atoms with van der Waals surface area (Å²) in [6, 6.07) is 0.858. The first kappa shape index (κ1) is 12.3. The third kappa shape index (κ3) is 4.02. The van der Waals surface area contributed by atoms with Crippen molar-refractivity contribution in [3.05, 3.63) is 0 Å². The van der Waals surface area contributed by atoms with Crippen LogP contribution in [0.1, 0.15) is 51.4 Å². The molecule has 3 heteroatoms. The number of hydrogen-bond acceptors (Lipinski definition) is 2. The van der Waals surface area contributed by atoms with Crippen LogP contribution in [0.4, 0.5) is 0 Å². The third-order valence-corrected chi connectivity index (χ3v) is 4.13. The fourth-order valence-electron chi connectivity index (χ4n) is 2.82. The summed E-state index contributed by atoms with van der Waals surface area (Å²) < 4.78 is 0. The molecule has 2 aliphatic rings. The number of hydrogen-bond donors (Lipinski definition) is 1. The molecule has 0 unspecified atom stereocenters. The second-order valence-corrected chi connectivity index (χ2v) is 5.97. The molecule has 2 nitrogen and oxygen atoms in total. The van der Waals surface area contributed by atoms with Gasteiger partial charge in [0, 0.05) is 25.6 Å². The average molecular weight is 240 g/mol. The maximum Gasteiger partial charge on any atom is 0.0740 e. The van der Waals surface area contributed by atoms with E-state index >= 15 is 0 Å². The summed E-state index contributed by atoms with van der Waals surface area (Å²) in [5, 5.41) is 0. The molecule has 2 fully saturated rings. The Morgan fingerprint density at radius 3 is 2.38 bits per heavy atom. The third-order valence-electron chi connectivity index (χ3n) is 3.93. The van der Waals surface area contributed by atoms with Gasteiger partial charge in [0.15, 0.2) is 0 Å². The van der Waals surface area contributed by atoms with Crippen LogP contribution in [0.5, 0.6) is 0 Å². The molecule has 2 saturated carbocycles. The number of rotatable bonds is 6. The first-order chi connectivity index (χ1) is 7.75. The minimum Gasteiger partial charge on any atom is -0.393 e. The van der Waals surface area contributed by atoms with Gasteiger partial charge in [0.05, 0.1) is 4.99 Å². The summed E-state index contributed by atoms with van der Waals surface area (Å²) in [6.07, 6.45) is 10.9. The zero-order valence-corrected chi connectivity index (χ0v) is 11.0. The van der Waals surface area contributed by atoms with Crippen LogP contribution in [-0.4, -0.2) is 29.0 Å². The van der Waals surface area contributed by atoms with E-state index in [9.17, 15) is 0 Å². The van der Waals surface area contributed by atoms with Crippen molar-refractivity contribution in [3.63, 3.8) is 0 Å². The second kappa shape index (κ2) is 5.97. The Morgan fingerprint density at radius 2 is 1.81 bits per heavy atom. The van der Waals surface area contributed by atoms with Crippen molar-refractivity contribution in [3.8, 4) is 0 Å². The van der Waals surface area contributed by atoms with E-state index in [2.05, 4.69) is 4.90 Å². The van der Waals surface area contributed by atoms with Gasteiger partial charge in [-0.3, -0.25) is 4.90 Å². The van der Waals surface area contributed by atoms with Crippen LogP contribution in [0.25, 0.3) is 0 Å². The molecule has 0 heterocycles. The van der Waals surface area contributed by atoms with Gasteiger partial charge in [0.2, 0.25) is 0 Å². The molecule has 0 bridgehead atoms. The van der Waals surface area contributed by atoms with Crippen molar-refractivity contribution in [2.75, 3.05) is 13.1 Å². The van der Waals surface area contributed by atoms with E-state index in [0.29, 0.717) is 4.99 Å². The molecular weight excluding hydrogens is 216 g/mol. The molecule has 16 heavy (non-hydrogen) atoms. The maximum absolute atomic E-state index is 5.60. The van der Waals surface area contributed by atoms with Crippen molar-refractivity contribution in [2.45, 2.75) is 57.4 Å². The van der Waals surface area contributed by atoms with Gasteiger partial charge < -0.3 is 5.73 Å². The van der Waals surface area contributed by atoms with E-state index in [0.717, 1.165) is 24.9 Å². The Morgan fingerprint density at radius 1 is 1.12 bits per heavy atom. The minimum absolute atomic E-state index is 0.675. The zero-order chi connectivity index (χ0) is 11.4. The van der Waals surface area contributed by atoms with Crippen LogP contribution in [0.2, 0.25) is 0 Å². The summed E-state index contributed by atoms with van der Waals surface area (Å²) >= 11 is 4.98. The summed E-state index contributed by atoms with van der Waals surface area (Å²) in [4.78, 5) is 3.32. The zero-order valence-electron chi connectivity index (χ0n) is 10.2. The monoisotopic (exact) mass is 240 g/mol. The molecular formula is C13H24N2S. The van der Waals surface area contributed by atoms with Crippen molar-refractivity contribution in [1.82, 2.24) is 4.90 Å². The molecule has 0 aromatic carbocycles. The van der Waals surface area contributed by atoms with Crippen molar-refractivity contribution in [2.24, 2.45) is 11.7 Å². The van der Waals surface area contributed by atoms with Crippen LogP contribution in [0.15, 0.2) is 0 Å². The van der Waals surface area contributed by atoms with Gasteiger partial charge in [-0.1, -0.05) is 31.5 Å². The molecule has 0 atom stereocenters. The molecule has 2 aliphatic carbocycles. The lowest BCUT2D eigenvalue weighted by Gasteiger charge is -2.29. The molecule has 0 aromatic heterocycles. The van der Waals surface area contributed by atoms with E-state index in [4.69, 9.17) is 18.0 Å². The first-order valence-electron chi connectivity index (χ1n) is 6.78. The van der Waals surface area contributed by atoms with Crippen molar-refractivity contribution >= 4 is 17.2 Å². The lowest BCUT2D eigenvalue weighted by atomic mass is 9.89. The fraction of sp³-hybridized carbons (Fsp3) is 0.923. The lowest BCUT2D eigenvalue weighted by molar-refractivity contribution is 0.197. The maximum atomic E-state index is 5.60. The Hall–Kier alpha value is -0.150. The van der Waals surface area contributed by atoms with Gasteiger partial charge in [-0.2, -0.15) is 0 Å². The predicted octanol–water partition coefficient (Wildman–Crippen LogP) is 2.71. The lowest BCUT2D eigenvalue weighted by Crippen LogP contribution is -2.34. The van der Waals surface area contributed by atoms with E-state index in [1.54, 1.807) is 0 Å². The van der Waals surface area contributed by atoms with Crippen LogP contribution in [0, 0.1) is 5.92 Å². The summed E-state index contributed by atoms with van der Waals surface area (Å²) in [5.41, 5.74) is 5.60. The number of nitrogens with two attached hydrogens (primary N) is 1. The molecule has 92 valence electrons. The molecule has 0 aromatic rings. The van der Waals surface area contributed by atoms with Gasteiger partial charge in [0.1, 0.15) is 0 Å². The van der Waals surface area contributed by atoms with Gasteiger partial charge in [-0.15, -0.1) is 0 Å². The topological polar surface area (TPSA) is 29.3 Å². The van der Waals surface area contributed by atoms with Crippen LogP contribution < -0.4 is 5.73 Å². The van der Waals surface area contributed by atoms with Crippen LogP contribution in [-0.2, 0) is 0 Å². The highest BCUT2D eigenvalue weighted by Gasteiger charge is 2.30. The molecule has 0 spiro atoms. The molecule has 0 amide bonds. The average Bonchev–Trinajstić information content (AvgIpc) is 3.09. The van der Waals surface area contributed by atoms with Gasteiger partial charge in [0.25, 0.3) is 0 Å². The van der Waals surface area contributed by atoms with Crippen LogP contribution >= 0.6 is 12.2 Å². The summed E-state index contributed by atoms with van der Waals surface area (Å²) in [6.45, 7) is 2.39. The van der Waals surface area contributed by atoms with E-state index in [1.807, 2.05) is 0 Å². The fourth-order valence-corrected chi connectivity index (χ4v) is 2.91. The summed E-state index contributed by atoms with van der Waals surface area (Å²) in [5.74, 6) is 0.945. The van der Waals surface area contributed by atoms with Crippen molar-refractivity contribution < 1.29 is 0 Å². The largest absolute Gasteiger partial charge is 0.393 e. The Kier molecular flexibility index (Phi) is 4.59. The molecule has 0 radical (unpaired) electrons. The Balaban J connectivity index is 1.75. The van der Waals surface area contributed by atoms with Gasteiger partial charge >= 0.3 is 0 Å². The highest BCUT2D eigenvalue weighted by Crippen LogP contribution is 2.31. The number of nitrogens with zero attached hydrogens (tertiary/aromatic N) is 1. The van der Waals surface area contributed by atoms with Crippen LogP contribution in [0.3, 0.4) is 0 Å². The molecule has 2 rings (SSSR count). The first-order valence-corrected chi connectivity index (χ1v) is 7.19. The van der Waals surface area contributed by atoms with E-state index in [-0.39, 0.29) is 0 Å². The van der Waals surface area contributed by atoms with Crippen molar-refractivity contribution in [1.29, 1.82) is 0 Å². The SMILES string of the molecule is NC(=S)CCN(CC1CCCCC1)C1CC1. The molecule has 0 aliphatic heterocycles. The smallest absolute Gasteiger partial charge is 0.0740 e. The second-order valence-electron chi connectivity index (χ2n) is 5.45. The standard InChI is InChI=1S/C13H24N2S/c14-13(16)8-9-15(12-6-7-12)10-11-4-2-1-3-5-11/h11-12H,1-10H2,(H2,14,16). The summed E-state index contributed by atoms with van der Waals surface area (Å²) in [7, 11) is 0. The highest BCUT2D eigenvalue weighted by atomic mass is 32.1. The van der Waals surface area contributed by atoms with Gasteiger partial charge in [-0.05, 0) is 31.6 Å². The van der Waals surface area contributed by atoms with E-state index in [1.165, 1.54) is 51.5 Å². The molecule has 2 N–H and O–H groups in total. The predicted molar refractivity (Wildman–Crippen MR) is 72.6 cm³/mol. The van der Waals surface area contributed by atoms with Gasteiger partial charge in [-0.25, -0.2) is 0 Å². The molecule has 0 saturated heterocycles.